The SMILES string of the molecule is CNC(=O)c1ccccc1Nc1nc(Nc2ccc(N3CCN(C(=O)NC4CCC(NCCOCCC#Cc5ccc6c(c5)CN(C5CCC(=O)NC5=O)C6=O)CC4)CC3)nc2)ncc1Cl. The van der Waals surface area contributed by atoms with Gasteiger partial charge in [-0.15, -0.1) is 0 Å². The van der Waals surface area contributed by atoms with Gasteiger partial charge >= 0.3 is 6.03 Å². The highest BCUT2D eigenvalue weighted by Gasteiger charge is 2.39. The molecule has 3 aliphatic heterocycles. The van der Waals surface area contributed by atoms with Crippen LogP contribution in [-0.2, 0) is 20.9 Å². The Hall–Kier alpha value is -6.81. The first-order valence-electron chi connectivity index (χ1n) is 22.3. The van der Waals surface area contributed by atoms with Crippen molar-refractivity contribution in [2.75, 3.05) is 68.5 Å². The van der Waals surface area contributed by atoms with E-state index >= 15 is 0 Å². The zero-order valence-corrected chi connectivity index (χ0v) is 37.5. The molecule has 1 unspecified atom stereocenters. The average molecular weight is 917 g/mol. The Labute approximate surface area is 388 Å². The molecule has 1 saturated carbocycles. The number of amides is 6. The van der Waals surface area contributed by atoms with Crippen molar-refractivity contribution in [1.29, 1.82) is 0 Å². The van der Waals surface area contributed by atoms with Gasteiger partial charge in [-0.25, -0.2) is 14.8 Å². The summed E-state index contributed by atoms with van der Waals surface area (Å²) in [5, 5.41) is 18.4. The Morgan fingerprint density at radius 1 is 0.909 bits per heavy atom. The Kier molecular flexibility index (Phi) is 14.9. The molecule has 2 aromatic heterocycles. The molecule has 6 N–H and O–H groups in total. The van der Waals surface area contributed by atoms with Crippen molar-refractivity contribution >= 4 is 70.2 Å². The van der Waals surface area contributed by atoms with E-state index in [9.17, 15) is 24.0 Å². The number of piperidine rings is 1. The summed E-state index contributed by atoms with van der Waals surface area (Å²) in [5.41, 5.74) is 3.90. The number of halogens is 1. The molecule has 344 valence electrons. The molecule has 6 amide bonds. The number of aromatic nitrogens is 3. The maximum absolute atomic E-state index is 13.2. The minimum atomic E-state index is -0.636. The van der Waals surface area contributed by atoms with E-state index in [0.29, 0.717) is 104 Å². The smallest absolute Gasteiger partial charge is 0.317 e. The minimum Gasteiger partial charge on any atom is -0.379 e. The van der Waals surface area contributed by atoms with E-state index in [0.717, 1.165) is 49.2 Å². The summed E-state index contributed by atoms with van der Waals surface area (Å²) in [7, 11) is 1.57. The largest absolute Gasteiger partial charge is 0.379 e. The van der Waals surface area contributed by atoms with E-state index in [1.807, 2.05) is 35.2 Å². The molecule has 2 aromatic carbocycles. The van der Waals surface area contributed by atoms with Crippen molar-refractivity contribution in [3.8, 4) is 11.8 Å². The third-order valence-electron chi connectivity index (χ3n) is 12.2. The van der Waals surface area contributed by atoms with Gasteiger partial charge in [0, 0.05) is 82.4 Å². The van der Waals surface area contributed by atoms with Crippen LogP contribution in [0.25, 0.3) is 0 Å². The molecule has 4 aromatic rings. The molecule has 0 radical (unpaired) electrons. The Bertz CT molecular complexity index is 2500. The zero-order valence-electron chi connectivity index (χ0n) is 36.7. The van der Waals surface area contributed by atoms with Gasteiger partial charge in [0.15, 0.2) is 5.82 Å². The van der Waals surface area contributed by atoms with Crippen LogP contribution < -0.4 is 36.8 Å². The highest BCUT2D eigenvalue weighted by Crippen LogP contribution is 2.29. The summed E-state index contributed by atoms with van der Waals surface area (Å²) in [6.07, 6.45) is 8.12. The van der Waals surface area contributed by atoms with Crippen LogP contribution in [0, 0.1) is 11.8 Å². The maximum Gasteiger partial charge on any atom is 0.317 e. The number of benzene rings is 2. The van der Waals surface area contributed by atoms with Crippen molar-refractivity contribution in [2.45, 2.75) is 69.6 Å². The molecular weight excluding hydrogens is 864 g/mol. The molecule has 0 bridgehead atoms. The number of hydrogen-bond donors (Lipinski definition) is 6. The predicted molar refractivity (Wildman–Crippen MR) is 249 cm³/mol. The highest BCUT2D eigenvalue weighted by molar-refractivity contribution is 6.33. The van der Waals surface area contributed by atoms with Crippen LogP contribution in [-0.4, -0.2) is 126 Å². The third-order valence-corrected chi connectivity index (χ3v) is 12.4. The fraction of sp³-hybridized carbons (Fsp3) is 0.404. The van der Waals surface area contributed by atoms with Gasteiger partial charge in [-0.1, -0.05) is 35.6 Å². The molecule has 1 aliphatic carbocycles. The lowest BCUT2D eigenvalue weighted by atomic mass is 9.91. The van der Waals surface area contributed by atoms with Gasteiger partial charge < -0.3 is 46.0 Å². The number of imide groups is 1. The minimum absolute atomic E-state index is 0.0216. The quantitative estimate of drug-likeness (QED) is 0.0592. The second kappa shape index (κ2) is 21.5. The number of carbonyl (C=O) groups is 5. The number of nitrogens with one attached hydrogen (secondary N) is 6. The van der Waals surface area contributed by atoms with Crippen LogP contribution in [0.15, 0.2) is 67.0 Å². The Balaban J connectivity index is 0.687. The molecule has 0 spiro atoms. The van der Waals surface area contributed by atoms with Crippen LogP contribution in [0.5, 0.6) is 0 Å². The van der Waals surface area contributed by atoms with Crippen LogP contribution in [0.4, 0.5) is 33.8 Å². The first kappa shape index (κ1) is 45.7. The molecule has 2 saturated heterocycles. The fourth-order valence-electron chi connectivity index (χ4n) is 8.57. The van der Waals surface area contributed by atoms with Crippen LogP contribution in [0.3, 0.4) is 0 Å². The standard InChI is InChI=1S/C47H53ClN12O6/c1-49-43(62)36-7-2-3-8-38(36)55-42-37(48)28-52-46(57-42)53-34-14-17-40(51-27-34)58-20-22-59(23-21-58)47(65)54-33-12-10-32(11-13-33)50-19-25-66-24-5-4-6-30-9-15-35-31(26-30)29-60(45(35)64)39-16-18-41(61)56-44(39)63/h2-3,7-9,14-15,17,26-28,32-33,39,50H,5,10-13,16,18-25,29H2,1H3,(H,49,62)(H,54,65)(H,56,61,63)(H2,52,53,55,57). The predicted octanol–water partition coefficient (Wildman–Crippen LogP) is 4.32. The molecule has 1 atom stereocenters. The number of piperazine rings is 1. The van der Waals surface area contributed by atoms with Gasteiger partial charge in [-0.3, -0.25) is 24.5 Å². The Morgan fingerprint density at radius 3 is 2.48 bits per heavy atom. The van der Waals surface area contributed by atoms with E-state index in [-0.39, 0.29) is 36.2 Å². The average Bonchev–Trinajstić information content (AvgIpc) is 3.66. The molecule has 66 heavy (non-hydrogen) atoms. The van der Waals surface area contributed by atoms with Crippen LogP contribution in [0.1, 0.15) is 76.8 Å². The number of ether oxygens (including phenoxy) is 1. The number of anilines is 5. The second-order valence-electron chi connectivity index (χ2n) is 16.5. The van der Waals surface area contributed by atoms with Gasteiger partial charge in [-0.2, -0.15) is 4.98 Å². The third kappa shape index (κ3) is 11.3. The van der Waals surface area contributed by atoms with Gasteiger partial charge in [0.2, 0.25) is 17.8 Å². The summed E-state index contributed by atoms with van der Waals surface area (Å²) in [6, 6.07) is 16.2. The summed E-state index contributed by atoms with van der Waals surface area (Å²) < 4.78 is 5.82. The number of carbonyl (C=O) groups excluding carboxylic acids is 5. The van der Waals surface area contributed by atoms with Gasteiger partial charge in [-0.05, 0) is 80.1 Å². The van der Waals surface area contributed by atoms with E-state index in [4.69, 9.17) is 16.3 Å². The lowest BCUT2D eigenvalue weighted by Gasteiger charge is -2.37. The normalized spacial score (nSPS) is 19.3. The molecule has 3 fully saturated rings. The number of rotatable bonds is 14. The zero-order chi connectivity index (χ0) is 46.0. The molecule has 8 rings (SSSR count). The van der Waals surface area contributed by atoms with Crippen molar-refractivity contribution in [1.82, 2.24) is 46.0 Å². The first-order chi connectivity index (χ1) is 32.1. The first-order valence-corrected chi connectivity index (χ1v) is 22.7. The maximum atomic E-state index is 13.2. The second-order valence-corrected chi connectivity index (χ2v) is 16.9. The summed E-state index contributed by atoms with van der Waals surface area (Å²) in [6.45, 7) is 4.67. The molecule has 5 heterocycles. The number of nitrogens with zero attached hydrogens (tertiary/aromatic N) is 6. The van der Waals surface area contributed by atoms with Gasteiger partial charge in [0.1, 0.15) is 16.9 Å². The summed E-state index contributed by atoms with van der Waals surface area (Å²) in [5.74, 6) is 6.60. The number of para-hydroxylation sites is 1. The Morgan fingerprint density at radius 2 is 1.71 bits per heavy atom. The number of urea groups is 1. The van der Waals surface area contributed by atoms with E-state index in [1.54, 1.807) is 37.5 Å². The number of pyridine rings is 1. The summed E-state index contributed by atoms with van der Waals surface area (Å²) in [4.78, 5) is 81.4. The molecule has 18 nitrogen and oxygen atoms in total. The number of hydrogen-bond acceptors (Lipinski definition) is 13. The van der Waals surface area contributed by atoms with Crippen LogP contribution >= 0.6 is 11.6 Å². The summed E-state index contributed by atoms with van der Waals surface area (Å²) >= 11 is 6.39. The fourth-order valence-corrected chi connectivity index (χ4v) is 8.71. The number of fused-ring (bicyclic) bond motifs is 1. The van der Waals surface area contributed by atoms with Crippen molar-refractivity contribution in [3.05, 3.63) is 94.3 Å². The molecular formula is C47H53ClN12O6. The lowest BCUT2D eigenvalue weighted by molar-refractivity contribution is -0.136. The van der Waals surface area contributed by atoms with Crippen molar-refractivity contribution in [3.63, 3.8) is 0 Å². The highest BCUT2D eigenvalue weighted by atomic mass is 35.5. The van der Waals surface area contributed by atoms with Crippen LogP contribution in [0.2, 0.25) is 5.02 Å². The van der Waals surface area contributed by atoms with Gasteiger partial charge in [0.05, 0.1) is 42.5 Å². The monoisotopic (exact) mass is 916 g/mol. The van der Waals surface area contributed by atoms with Crippen molar-refractivity contribution < 1.29 is 28.7 Å². The van der Waals surface area contributed by atoms with Gasteiger partial charge in [0.25, 0.3) is 11.8 Å². The van der Waals surface area contributed by atoms with E-state index in [1.165, 1.54) is 11.1 Å². The molecule has 4 aliphatic rings. The van der Waals surface area contributed by atoms with E-state index in [2.05, 4.69) is 63.6 Å². The van der Waals surface area contributed by atoms with E-state index < -0.39 is 11.9 Å². The van der Waals surface area contributed by atoms with Crippen molar-refractivity contribution in [2.24, 2.45) is 0 Å². The topological polar surface area (TPSA) is 215 Å². The molecule has 19 heteroatoms. The lowest BCUT2D eigenvalue weighted by Crippen LogP contribution is -2.54.